The van der Waals surface area contributed by atoms with Crippen LogP contribution in [-0.4, -0.2) is 15.5 Å². The van der Waals surface area contributed by atoms with Crippen molar-refractivity contribution in [3.05, 3.63) is 72.7 Å². The van der Waals surface area contributed by atoms with Crippen LogP contribution in [-0.2, 0) is 6.54 Å². The Morgan fingerprint density at radius 3 is 2.61 bits per heavy atom. The van der Waals surface area contributed by atoms with E-state index in [0.717, 1.165) is 29.1 Å². The van der Waals surface area contributed by atoms with E-state index in [-0.39, 0.29) is 0 Å². The number of nitrogens with zero attached hydrogens (tertiary/aromatic N) is 2. The normalized spacial score (nSPS) is 11.8. The second kappa shape index (κ2) is 7.40. The fourth-order valence-electron chi connectivity index (χ4n) is 2.62. The molecule has 1 amide bonds. The first-order valence-corrected chi connectivity index (χ1v) is 7.53. The van der Waals surface area contributed by atoms with Crippen LogP contribution < -0.4 is 5.73 Å². The number of nitrogens with two attached hydrogens (primary N) is 1. The predicted molar refractivity (Wildman–Crippen MR) is 94.8 cm³/mol. The molecule has 118 valence electrons. The van der Waals surface area contributed by atoms with E-state index < -0.39 is 5.91 Å². The topological polar surface area (TPSA) is 60.9 Å². The lowest BCUT2D eigenvalue weighted by atomic mass is 10.1. The van der Waals surface area contributed by atoms with Crippen LogP contribution in [0, 0.1) is 0 Å². The van der Waals surface area contributed by atoms with Crippen LogP contribution in [0.2, 0.25) is 0 Å². The number of hydrogen-bond acceptors (Lipinski definition) is 2. The minimum absolute atomic E-state index is 0.436. The maximum atomic E-state index is 12.0. The van der Waals surface area contributed by atoms with Crippen LogP contribution in [0.1, 0.15) is 29.9 Å². The van der Waals surface area contributed by atoms with E-state index in [1.807, 2.05) is 50.3 Å². The number of hydrogen-bond donors (Lipinski definition) is 1. The molecule has 0 saturated carbocycles. The first-order valence-electron chi connectivity index (χ1n) is 7.53. The van der Waals surface area contributed by atoms with Gasteiger partial charge >= 0.3 is 0 Å². The van der Waals surface area contributed by atoms with Gasteiger partial charge in [-0.2, -0.15) is 0 Å². The largest absolute Gasteiger partial charge is 0.366 e. The number of aromatic nitrogens is 2. The number of amides is 1. The SMILES string of the molecule is C=C/C=C\C(=C/C)c1c(C(N)=O)cc(-c2ccncc2)n1CC. The highest BCUT2D eigenvalue weighted by molar-refractivity contribution is 6.00. The van der Waals surface area contributed by atoms with Crippen molar-refractivity contribution in [2.75, 3.05) is 0 Å². The standard InChI is InChI=1S/C19H21N3O/c1-4-7-8-14(5-2)18-16(19(20)23)13-17(22(18)6-3)15-9-11-21-12-10-15/h4-5,7-13H,1,6H2,2-3H3,(H2,20,23)/b8-7-,14-5+. The number of rotatable bonds is 6. The Morgan fingerprint density at radius 1 is 1.39 bits per heavy atom. The van der Waals surface area contributed by atoms with Crippen LogP contribution in [0.4, 0.5) is 0 Å². The molecule has 0 aromatic carbocycles. The summed E-state index contributed by atoms with van der Waals surface area (Å²) in [6.07, 6.45) is 10.9. The fraction of sp³-hybridized carbons (Fsp3) is 0.158. The molecule has 0 saturated heterocycles. The highest BCUT2D eigenvalue weighted by atomic mass is 16.1. The second-order valence-electron chi connectivity index (χ2n) is 4.98. The maximum Gasteiger partial charge on any atom is 0.250 e. The van der Waals surface area contributed by atoms with E-state index in [0.29, 0.717) is 5.56 Å². The Bertz CT molecular complexity index is 767. The van der Waals surface area contributed by atoms with Crippen LogP contribution in [0.25, 0.3) is 16.8 Å². The molecule has 0 radical (unpaired) electrons. The highest BCUT2D eigenvalue weighted by Crippen LogP contribution is 2.30. The lowest BCUT2D eigenvalue weighted by Gasteiger charge is -2.13. The van der Waals surface area contributed by atoms with Crippen molar-refractivity contribution >= 4 is 11.5 Å². The number of carbonyl (C=O) groups excluding carboxylic acids is 1. The van der Waals surface area contributed by atoms with Gasteiger partial charge in [0.05, 0.1) is 11.3 Å². The van der Waals surface area contributed by atoms with E-state index in [4.69, 9.17) is 5.73 Å². The Kier molecular flexibility index (Phi) is 5.31. The van der Waals surface area contributed by atoms with Crippen molar-refractivity contribution in [2.45, 2.75) is 20.4 Å². The second-order valence-corrected chi connectivity index (χ2v) is 4.98. The van der Waals surface area contributed by atoms with Gasteiger partial charge in [0.2, 0.25) is 0 Å². The molecule has 2 aromatic heterocycles. The van der Waals surface area contributed by atoms with E-state index >= 15 is 0 Å². The lowest BCUT2D eigenvalue weighted by Crippen LogP contribution is -2.13. The number of allylic oxidation sites excluding steroid dienone is 5. The van der Waals surface area contributed by atoms with Crippen molar-refractivity contribution < 1.29 is 4.79 Å². The Labute approximate surface area is 136 Å². The van der Waals surface area contributed by atoms with Crippen LogP contribution in [0.3, 0.4) is 0 Å². The maximum absolute atomic E-state index is 12.0. The molecule has 4 nitrogen and oxygen atoms in total. The van der Waals surface area contributed by atoms with Gasteiger partial charge < -0.3 is 10.3 Å². The monoisotopic (exact) mass is 307 g/mol. The third kappa shape index (κ3) is 3.31. The average Bonchev–Trinajstić information content (AvgIpc) is 2.96. The van der Waals surface area contributed by atoms with Gasteiger partial charge in [-0.1, -0.05) is 30.9 Å². The fourth-order valence-corrected chi connectivity index (χ4v) is 2.62. The summed E-state index contributed by atoms with van der Waals surface area (Å²) in [4.78, 5) is 16.0. The molecule has 2 N–H and O–H groups in total. The predicted octanol–water partition coefficient (Wildman–Crippen LogP) is 3.81. The first-order chi connectivity index (χ1) is 11.1. The van der Waals surface area contributed by atoms with Gasteiger partial charge in [-0.3, -0.25) is 9.78 Å². The van der Waals surface area contributed by atoms with Crippen molar-refractivity contribution in [3.8, 4) is 11.3 Å². The Balaban J connectivity index is 2.74. The summed E-state index contributed by atoms with van der Waals surface area (Å²) >= 11 is 0. The Hall–Kier alpha value is -2.88. The summed E-state index contributed by atoms with van der Waals surface area (Å²) < 4.78 is 2.10. The van der Waals surface area contributed by atoms with Gasteiger partial charge in [-0.25, -0.2) is 0 Å². The molecule has 0 aliphatic rings. The number of carbonyl (C=O) groups is 1. The molecular formula is C19H21N3O. The summed E-state index contributed by atoms with van der Waals surface area (Å²) in [7, 11) is 0. The van der Waals surface area contributed by atoms with E-state index in [1.165, 1.54) is 0 Å². The molecule has 0 unspecified atom stereocenters. The number of pyridine rings is 1. The van der Waals surface area contributed by atoms with Crippen molar-refractivity contribution in [1.82, 2.24) is 9.55 Å². The Morgan fingerprint density at radius 2 is 2.09 bits per heavy atom. The molecule has 0 aliphatic heterocycles. The first kappa shape index (κ1) is 16.5. The zero-order chi connectivity index (χ0) is 16.8. The summed E-state index contributed by atoms with van der Waals surface area (Å²) in [5, 5.41) is 0. The average molecular weight is 307 g/mol. The van der Waals surface area contributed by atoms with E-state index in [2.05, 4.69) is 16.1 Å². The van der Waals surface area contributed by atoms with Crippen molar-refractivity contribution in [1.29, 1.82) is 0 Å². The summed E-state index contributed by atoms with van der Waals surface area (Å²) in [5.41, 5.74) is 9.83. The highest BCUT2D eigenvalue weighted by Gasteiger charge is 2.20. The van der Waals surface area contributed by atoms with Gasteiger partial charge in [0, 0.05) is 30.2 Å². The van der Waals surface area contributed by atoms with Gasteiger partial charge in [0.1, 0.15) is 0 Å². The molecule has 4 heteroatoms. The molecule has 2 heterocycles. The quantitative estimate of drug-likeness (QED) is 0.825. The molecule has 0 aliphatic carbocycles. The minimum Gasteiger partial charge on any atom is -0.366 e. The van der Waals surface area contributed by atoms with Crippen LogP contribution in [0.5, 0.6) is 0 Å². The smallest absolute Gasteiger partial charge is 0.250 e. The van der Waals surface area contributed by atoms with Crippen LogP contribution >= 0.6 is 0 Å². The van der Waals surface area contributed by atoms with Gasteiger partial charge in [0.15, 0.2) is 0 Å². The van der Waals surface area contributed by atoms with E-state index in [9.17, 15) is 4.79 Å². The number of primary amides is 1. The lowest BCUT2D eigenvalue weighted by molar-refractivity contribution is 0.1000. The van der Waals surface area contributed by atoms with Crippen LogP contribution in [0.15, 0.2) is 61.5 Å². The van der Waals surface area contributed by atoms with Gasteiger partial charge in [0.25, 0.3) is 5.91 Å². The minimum atomic E-state index is -0.436. The molecular weight excluding hydrogens is 286 g/mol. The van der Waals surface area contributed by atoms with Crippen molar-refractivity contribution in [2.24, 2.45) is 5.73 Å². The molecule has 2 aromatic rings. The zero-order valence-electron chi connectivity index (χ0n) is 13.5. The molecule has 0 fully saturated rings. The zero-order valence-corrected chi connectivity index (χ0v) is 13.5. The molecule has 0 spiro atoms. The van der Waals surface area contributed by atoms with Gasteiger partial charge in [-0.15, -0.1) is 0 Å². The molecule has 2 rings (SSSR count). The molecule has 0 atom stereocenters. The molecule has 0 bridgehead atoms. The summed E-state index contributed by atoms with van der Waals surface area (Å²) in [6.45, 7) is 8.40. The van der Waals surface area contributed by atoms with Gasteiger partial charge in [-0.05, 0) is 37.6 Å². The third-order valence-electron chi connectivity index (χ3n) is 3.65. The third-order valence-corrected chi connectivity index (χ3v) is 3.65. The molecule has 23 heavy (non-hydrogen) atoms. The summed E-state index contributed by atoms with van der Waals surface area (Å²) in [5.74, 6) is -0.436. The van der Waals surface area contributed by atoms with E-state index in [1.54, 1.807) is 18.5 Å². The summed E-state index contributed by atoms with van der Waals surface area (Å²) in [6, 6.07) is 5.69. The van der Waals surface area contributed by atoms with Crippen molar-refractivity contribution in [3.63, 3.8) is 0 Å².